The Morgan fingerprint density at radius 3 is 2.56 bits per heavy atom. The van der Waals surface area contributed by atoms with Crippen molar-refractivity contribution in [2.45, 2.75) is 13.8 Å². The Labute approximate surface area is 164 Å². The predicted molar refractivity (Wildman–Crippen MR) is 112 cm³/mol. The molecule has 0 aliphatic carbocycles. The molecule has 1 fully saturated rings. The number of nitrogens with zero attached hydrogens (tertiary/aromatic N) is 3. The van der Waals surface area contributed by atoms with Crippen LogP contribution >= 0.6 is 11.3 Å². The van der Waals surface area contributed by atoms with E-state index in [1.807, 2.05) is 30.3 Å². The molecule has 1 amide bonds. The number of carbonyl (C=O) groups excluding carboxylic acids is 1. The third-order valence-electron chi connectivity index (χ3n) is 4.55. The number of rotatable bonds is 7. The summed E-state index contributed by atoms with van der Waals surface area (Å²) in [6, 6.07) is 11.7. The minimum atomic E-state index is -0.206. The molecule has 2 heterocycles. The maximum atomic E-state index is 12.3. The van der Waals surface area contributed by atoms with Gasteiger partial charge < -0.3 is 14.5 Å². The number of nitrogens with one attached hydrogen (secondary N) is 1. The van der Waals surface area contributed by atoms with Crippen LogP contribution in [0.1, 0.15) is 29.1 Å². The summed E-state index contributed by atoms with van der Waals surface area (Å²) >= 11 is 1.66. The highest BCUT2D eigenvalue weighted by Gasteiger charge is 2.12. The van der Waals surface area contributed by atoms with Gasteiger partial charge in [0, 0.05) is 42.3 Å². The lowest BCUT2D eigenvalue weighted by atomic mass is 10.2. The zero-order chi connectivity index (χ0) is 19.1. The van der Waals surface area contributed by atoms with Crippen molar-refractivity contribution in [2.24, 2.45) is 5.10 Å². The predicted octanol–water partition coefficient (Wildman–Crippen LogP) is 3.19. The first kappa shape index (κ1) is 19.4. The molecule has 0 saturated carbocycles. The van der Waals surface area contributed by atoms with Gasteiger partial charge >= 0.3 is 0 Å². The summed E-state index contributed by atoms with van der Waals surface area (Å²) in [7, 11) is 0. The van der Waals surface area contributed by atoms with Gasteiger partial charge in [-0.2, -0.15) is 5.10 Å². The molecule has 1 saturated heterocycles. The molecule has 6 nitrogen and oxygen atoms in total. The van der Waals surface area contributed by atoms with Gasteiger partial charge in [-0.15, -0.1) is 11.3 Å². The fourth-order valence-electron chi connectivity index (χ4n) is 3.00. The highest BCUT2D eigenvalue weighted by molar-refractivity contribution is 7.17. The van der Waals surface area contributed by atoms with E-state index in [4.69, 9.17) is 4.74 Å². The van der Waals surface area contributed by atoms with E-state index in [0.29, 0.717) is 5.56 Å². The summed E-state index contributed by atoms with van der Waals surface area (Å²) in [4.78, 5) is 17.8. The van der Waals surface area contributed by atoms with Gasteiger partial charge in [-0.05, 0) is 50.2 Å². The van der Waals surface area contributed by atoms with Crippen molar-refractivity contribution in [1.29, 1.82) is 0 Å². The Morgan fingerprint density at radius 2 is 1.89 bits per heavy atom. The second kappa shape index (κ2) is 9.53. The Bertz CT molecular complexity index is 763. The van der Waals surface area contributed by atoms with Crippen molar-refractivity contribution in [3.8, 4) is 0 Å². The Morgan fingerprint density at radius 1 is 1.19 bits per heavy atom. The van der Waals surface area contributed by atoms with Crippen molar-refractivity contribution in [3.05, 3.63) is 46.8 Å². The maximum Gasteiger partial charge on any atom is 0.271 e. The number of ether oxygens (including phenoxy) is 1. The summed E-state index contributed by atoms with van der Waals surface area (Å²) in [5.74, 6) is -0.206. The number of morpholine rings is 1. The van der Waals surface area contributed by atoms with Crippen molar-refractivity contribution in [1.82, 2.24) is 5.43 Å². The first-order valence-electron chi connectivity index (χ1n) is 9.32. The van der Waals surface area contributed by atoms with E-state index in [-0.39, 0.29) is 5.91 Å². The topological polar surface area (TPSA) is 57.2 Å². The van der Waals surface area contributed by atoms with E-state index in [9.17, 15) is 4.79 Å². The minimum Gasteiger partial charge on any atom is -0.378 e. The number of anilines is 2. The van der Waals surface area contributed by atoms with Crippen LogP contribution in [-0.2, 0) is 4.74 Å². The molecule has 27 heavy (non-hydrogen) atoms. The van der Waals surface area contributed by atoms with E-state index in [1.54, 1.807) is 17.6 Å². The molecule has 7 heteroatoms. The largest absolute Gasteiger partial charge is 0.378 e. The van der Waals surface area contributed by atoms with E-state index in [1.165, 1.54) is 5.00 Å². The van der Waals surface area contributed by atoms with E-state index >= 15 is 0 Å². The summed E-state index contributed by atoms with van der Waals surface area (Å²) in [5, 5.41) is 5.31. The van der Waals surface area contributed by atoms with Gasteiger partial charge in [0.05, 0.1) is 24.4 Å². The van der Waals surface area contributed by atoms with Crippen LogP contribution in [0, 0.1) is 0 Å². The van der Waals surface area contributed by atoms with Gasteiger partial charge in [-0.25, -0.2) is 5.43 Å². The number of hydrazone groups is 1. The van der Waals surface area contributed by atoms with Gasteiger partial charge in [-0.1, -0.05) is 0 Å². The Kier molecular flexibility index (Phi) is 6.84. The molecule has 0 unspecified atom stereocenters. The second-order valence-electron chi connectivity index (χ2n) is 6.19. The van der Waals surface area contributed by atoms with Gasteiger partial charge in [0.15, 0.2) is 0 Å². The lowest BCUT2D eigenvalue weighted by molar-refractivity contribution is 0.0955. The minimum absolute atomic E-state index is 0.206. The highest BCUT2D eigenvalue weighted by atomic mass is 32.1. The normalized spacial score (nSPS) is 14.5. The molecule has 0 radical (unpaired) electrons. The number of amides is 1. The lowest BCUT2D eigenvalue weighted by Crippen LogP contribution is -2.35. The van der Waals surface area contributed by atoms with Crippen LogP contribution in [0.25, 0.3) is 0 Å². The molecule has 0 spiro atoms. The molecule has 0 bridgehead atoms. The van der Waals surface area contributed by atoms with Crippen LogP contribution in [0.15, 0.2) is 41.5 Å². The van der Waals surface area contributed by atoms with Crippen molar-refractivity contribution < 1.29 is 9.53 Å². The fraction of sp³-hybridized carbons (Fsp3) is 0.400. The van der Waals surface area contributed by atoms with Crippen molar-refractivity contribution in [3.63, 3.8) is 0 Å². The molecule has 144 valence electrons. The third-order valence-corrected chi connectivity index (χ3v) is 5.63. The highest BCUT2D eigenvalue weighted by Crippen LogP contribution is 2.25. The standard InChI is InChI=1S/C20H26N4O2S/c1-3-23(4-2)17-7-5-16(6-8-17)20(25)22-21-15-18-9-10-19(27-18)24-11-13-26-14-12-24/h5-10,15H,3-4,11-14H2,1-2H3,(H,22,25)/b21-15-. The van der Waals surface area contributed by atoms with Crippen LogP contribution < -0.4 is 15.2 Å². The maximum absolute atomic E-state index is 12.3. The quantitative estimate of drug-likeness (QED) is 0.586. The second-order valence-corrected chi connectivity index (χ2v) is 7.29. The number of thiophene rings is 1. The molecular formula is C20H26N4O2S. The molecular weight excluding hydrogens is 360 g/mol. The third kappa shape index (κ3) is 5.08. The molecule has 1 N–H and O–H groups in total. The number of benzene rings is 1. The molecule has 1 aromatic carbocycles. The van der Waals surface area contributed by atoms with Gasteiger partial charge in [0.1, 0.15) is 0 Å². The zero-order valence-electron chi connectivity index (χ0n) is 15.9. The molecule has 1 aliphatic rings. The van der Waals surface area contributed by atoms with E-state index in [0.717, 1.165) is 50.0 Å². The van der Waals surface area contributed by atoms with Crippen LogP contribution in [0.2, 0.25) is 0 Å². The van der Waals surface area contributed by atoms with Crippen molar-refractivity contribution in [2.75, 3.05) is 49.2 Å². The fourth-order valence-corrected chi connectivity index (χ4v) is 3.93. The lowest BCUT2D eigenvalue weighted by Gasteiger charge is -2.27. The van der Waals surface area contributed by atoms with Crippen LogP contribution in [0.3, 0.4) is 0 Å². The molecule has 0 atom stereocenters. The SMILES string of the molecule is CCN(CC)c1ccc(C(=O)N/N=C\c2ccc(N3CCOCC3)s2)cc1. The van der Waals surface area contributed by atoms with Gasteiger partial charge in [0.2, 0.25) is 0 Å². The van der Waals surface area contributed by atoms with Crippen LogP contribution in [0.5, 0.6) is 0 Å². The molecule has 2 aromatic rings. The summed E-state index contributed by atoms with van der Waals surface area (Å²) in [6.07, 6.45) is 1.69. The van der Waals surface area contributed by atoms with Crippen molar-refractivity contribution >= 4 is 34.1 Å². The first-order valence-corrected chi connectivity index (χ1v) is 10.1. The first-order chi connectivity index (χ1) is 13.2. The van der Waals surface area contributed by atoms with Gasteiger partial charge in [-0.3, -0.25) is 4.79 Å². The molecule has 3 rings (SSSR count). The smallest absolute Gasteiger partial charge is 0.271 e. The van der Waals surface area contributed by atoms with E-state index < -0.39 is 0 Å². The van der Waals surface area contributed by atoms with Crippen LogP contribution in [-0.4, -0.2) is 51.5 Å². The monoisotopic (exact) mass is 386 g/mol. The number of hydrogen-bond donors (Lipinski definition) is 1. The Hall–Kier alpha value is -2.38. The average molecular weight is 387 g/mol. The number of carbonyl (C=O) groups is 1. The summed E-state index contributed by atoms with van der Waals surface area (Å²) in [5.41, 5.74) is 4.32. The molecule has 1 aliphatic heterocycles. The summed E-state index contributed by atoms with van der Waals surface area (Å²) in [6.45, 7) is 9.49. The average Bonchev–Trinajstić information content (AvgIpc) is 3.19. The van der Waals surface area contributed by atoms with Gasteiger partial charge in [0.25, 0.3) is 5.91 Å². The van der Waals surface area contributed by atoms with E-state index in [2.05, 4.69) is 40.2 Å². The van der Waals surface area contributed by atoms with Crippen LogP contribution in [0.4, 0.5) is 10.7 Å². The Balaban J connectivity index is 1.55. The molecule has 1 aromatic heterocycles. The summed E-state index contributed by atoms with van der Waals surface area (Å²) < 4.78 is 5.38. The zero-order valence-corrected chi connectivity index (χ0v) is 16.7. The number of hydrogen-bond acceptors (Lipinski definition) is 6.